The van der Waals surface area contributed by atoms with E-state index < -0.39 is 11.9 Å². The molecule has 0 radical (unpaired) electrons. The molecule has 0 aromatic heterocycles. The standard InChI is InChI=1S/C10H17NO4/c1-3-14-9(13)8(12)11-7-10(2)5-4-6-15-10/h3-7H2,1-2H3,(H,11,12). The Morgan fingerprint density at radius 2 is 2.27 bits per heavy atom. The van der Waals surface area contributed by atoms with E-state index >= 15 is 0 Å². The molecule has 1 amide bonds. The number of carbonyl (C=O) groups excluding carboxylic acids is 2. The molecule has 1 saturated heterocycles. The molecule has 0 aliphatic carbocycles. The van der Waals surface area contributed by atoms with Gasteiger partial charge in [-0.05, 0) is 26.7 Å². The van der Waals surface area contributed by atoms with Crippen LogP contribution in [-0.2, 0) is 19.1 Å². The normalized spacial score (nSPS) is 24.9. The first-order valence-corrected chi connectivity index (χ1v) is 5.16. The van der Waals surface area contributed by atoms with E-state index in [1.807, 2.05) is 6.92 Å². The summed E-state index contributed by atoms with van der Waals surface area (Å²) in [6.45, 7) is 4.86. The van der Waals surface area contributed by atoms with E-state index in [0.717, 1.165) is 12.8 Å². The van der Waals surface area contributed by atoms with Gasteiger partial charge in [0.1, 0.15) is 0 Å². The van der Waals surface area contributed by atoms with Gasteiger partial charge in [-0.3, -0.25) is 4.79 Å². The average Bonchev–Trinajstić information content (AvgIpc) is 2.63. The van der Waals surface area contributed by atoms with Crippen molar-refractivity contribution >= 4 is 11.9 Å². The number of ether oxygens (including phenoxy) is 2. The van der Waals surface area contributed by atoms with Crippen molar-refractivity contribution in [2.75, 3.05) is 19.8 Å². The van der Waals surface area contributed by atoms with E-state index in [2.05, 4.69) is 10.1 Å². The molecule has 1 fully saturated rings. The van der Waals surface area contributed by atoms with Crippen LogP contribution in [0.1, 0.15) is 26.7 Å². The Morgan fingerprint density at radius 1 is 1.53 bits per heavy atom. The zero-order valence-electron chi connectivity index (χ0n) is 9.17. The lowest BCUT2D eigenvalue weighted by Gasteiger charge is -2.22. The zero-order valence-corrected chi connectivity index (χ0v) is 9.17. The fourth-order valence-electron chi connectivity index (χ4n) is 1.51. The third-order valence-corrected chi connectivity index (χ3v) is 2.38. The van der Waals surface area contributed by atoms with Crippen molar-refractivity contribution in [2.24, 2.45) is 0 Å². The summed E-state index contributed by atoms with van der Waals surface area (Å²) >= 11 is 0. The maximum Gasteiger partial charge on any atom is 0.396 e. The van der Waals surface area contributed by atoms with Gasteiger partial charge in [0.15, 0.2) is 0 Å². The van der Waals surface area contributed by atoms with Crippen LogP contribution in [0.3, 0.4) is 0 Å². The summed E-state index contributed by atoms with van der Waals surface area (Å²) in [6.07, 6.45) is 1.89. The Bertz CT molecular complexity index is 246. The number of hydrogen-bond donors (Lipinski definition) is 1. The summed E-state index contributed by atoms with van der Waals surface area (Å²) < 4.78 is 10.0. The van der Waals surface area contributed by atoms with Crippen molar-refractivity contribution in [3.63, 3.8) is 0 Å². The SMILES string of the molecule is CCOC(=O)C(=O)NCC1(C)CCCO1. The van der Waals surface area contributed by atoms with E-state index in [4.69, 9.17) is 4.74 Å². The van der Waals surface area contributed by atoms with Crippen LogP contribution >= 0.6 is 0 Å². The molecule has 5 heteroatoms. The summed E-state index contributed by atoms with van der Waals surface area (Å²) in [7, 11) is 0. The molecule has 0 bridgehead atoms. The van der Waals surface area contributed by atoms with E-state index in [-0.39, 0.29) is 12.2 Å². The van der Waals surface area contributed by atoms with Crippen LogP contribution in [0.4, 0.5) is 0 Å². The van der Waals surface area contributed by atoms with Crippen LogP contribution in [0.2, 0.25) is 0 Å². The predicted molar refractivity (Wildman–Crippen MR) is 53.2 cm³/mol. The molecule has 1 aliphatic rings. The van der Waals surface area contributed by atoms with Crippen molar-refractivity contribution in [2.45, 2.75) is 32.3 Å². The monoisotopic (exact) mass is 215 g/mol. The van der Waals surface area contributed by atoms with Gasteiger partial charge in [0.25, 0.3) is 0 Å². The fraction of sp³-hybridized carbons (Fsp3) is 0.800. The van der Waals surface area contributed by atoms with Gasteiger partial charge < -0.3 is 14.8 Å². The Balaban J connectivity index is 2.30. The van der Waals surface area contributed by atoms with E-state index in [0.29, 0.717) is 13.2 Å². The largest absolute Gasteiger partial charge is 0.459 e. The fourth-order valence-corrected chi connectivity index (χ4v) is 1.51. The molecule has 1 rings (SSSR count). The van der Waals surface area contributed by atoms with Gasteiger partial charge in [0.05, 0.1) is 12.2 Å². The third kappa shape index (κ3) is 3.51. The lowest BCUT2D eigenvalue weighted by atomic mass is 10.0. The smallest absolute Gasteiger partial charge is 0.396 e. The Labute approximate surface area is 89.1 Å². The highest BCUT2D eigenvalue weighted by atomic mass is 16.5. The Kier molecular flexibility index (Phi) is 4.08. The molecule has 1 unspecified atom stereocenters. The summed E-state index contributed by atoms with van der Waals surface area (Å²) in [5.74, 6) is -1.53. The molecule has 1 heterocycles. The van der Waals surface area contributed by atoms with Gasteiger partial charge in [0, 0.05) is 13.2 Å². The second-order valence-electron chi connectivity index (χ2n) is 3.81. The molecular formula is C10H17NO4. The maximum absolute atomic E-state index is 11.2. The molecule has 86 valence electrons. The van der Waals surface area contributed by atoms with E-state index in [1.54, 1.807) is 6.92 Å². The van der Waals surface area contributed by atoms with Gasteiger partial charge >= 0.3 is 11.9 Å². The molecule has 15 heavy (non-hydrogen) atoms. The van der Waals surface area contributed by atoms with Crippen molar-refractivity contribution in [3.05, 3.63) is 0 Å². The van der Waals surface area contributed by atoms with E-state index in [9.17, 15) is 9.59 Å². The lowest BCUT2D eigenvalue weighted by Crippen LogP contribution is -2.43. The molecule has 0 spiro atoms. The maximum atomic E-state index is 11.2. The van der Waals surface area contributed by atoms with Crippen molar-refractivity contribution in [1.29, 1.82) is 0 Å². The number of amides is 1. The van der Waals surface area contributed by atoms with Gasteiger partial charge in [0.2, 0.25) is 0 Å². The van der Waals surface area contributed by atoms with Crippen molar-refractivity contribution in [1.82, 2.24) is 5.32 Å². The quantitative estimate of drug-likeness (QED) is 0.541. The summed E-state index contributed by atoms with van der Waals surface area (Å²) in [5, 5.41) is 2.51. The second-order valence-corrected chi connectivity index (χ2v) is 3.81. The van der Waals surface area contributed by atoms with Crippen LogP contribution in [0.15, 0.2) is 0 Å². The molecule has 1 N–H and O–H groups in total. The molecular weight excluding hydrogens is 198 g/mol. The van der Waals surface area contributed by atoms with Crippen LogP contribution in [0.5, 0.6) is 0 Å². The number of carbonyl (C=O) groups is 2. The van der Waals surface area contributed by atoms with Gasteiger partial charge in [-0.25, -0.2) is 4.79 Å². The first-order valence-electron chi connectivity index (χ1n) is 5.16. The Hall–Kier alpha value is -1.10. The molecule has 1 aliphatic heterocycles. The first-order chi connectivity index (χ1) is 7.07. The lowest BCUT2D eigenvalue weighted by molar-refractivity contribution is -0.155. The highest BCUT2D eigenvalue weighted by Crippen LogP contribution is 2.23. The van der Waals surface area contributed by atoms with Crippen LogP contribution in [-0.4, -0.2) is 37.2 Å². The summed E-state index contributed by atoms with van der Waals surface area (Å²) in [5.41, 5.74) is -0.331. The average molecular weight is 215 g/mol. The molecule has 1 atom stereocenters. The minimum atomic E-state index is -0.834. The van der Waals surface area contributed by atoms with Gasteiger partial charge in [-0.2, -0.15) is 0 Å². The number of hydrogen-bond acceptors (Lipinski definition) is 4. The predicted octanol–water partition coefficient (Wildman–Crippen LogP) is 0.235. The third-order valence-electron chi connectivity index (χ3n) is 2.38. The van der Waals surface area contributed by atoms with E-state index in [1.165, 1.54) is 0 Å². The Morgan fingerprint density at radius 3 is 2.80 bits per heavy atom. The summed E-state index contributed by atoms with van der Waals surface area (Å²) in [4.78, 5) is 22.2. The highest BCUT2D eigenvalue weighted by Gasteiger charge is 2.30. The zero-order chi connectivity index (χ0) is 11.3. The van der Waals surface area contributed by atoms with Crippen molar-refractivity contribution in [3.8, 4) is 0 Å². The molecule has 0 aromatic carbocycles. The molecule has 0 saturated carbocycles. The van der Waals surface area contributed by atoms with Gasteiger partial charge in [-0.15, -0.1) is 0 Å². The van der Waals surface area contributed by atoms with Crippen LogP contribution in [0.25, 0.3) is 0 Å². The van der Waals surface area contributed by atoms with Gasteiger partial charge in [-0.1, -0.05) is 0 Å². The number of nitrogens with one attached hydrogen (secondary N) is 1. The molecule has 0 aromatic rings. The topological polar surface area (TPSA) is 64.6 Å². The minimum Gasteiger partial charge on any atom is -0.459 e. The minimum absolute atomic E-state index is 0.208. The van der Waals surface area contributed by atoms with Crippen LogP contribution < -0.4 is 5.32 Å². The number of rotatable bonds is 3. The summed E-state index contributed by atoms with van der Waals surface area (Å²) in [6, 6.07) is 0. The van der Waals surface area contributed by atoms with Crippen LogP contribution in [0, 0.1) is 0 Å². The van der Waals surface area contributed by atoms with Crippen molar-refractivity contribution < 1.29 is 19.1 Å². The second kappa shape index (κ2) is 5.11. The number of esters is 1. The molecule has 5 nitrogen and oxygen atoms in total. The first kappa shape index (κ1) is 12.0. The highest BCUT2D eigenvalue weighted by molar-refractivity contribution is 6.32.